The zero-order valence-electron chi connectivity index (χ0n) is 9.22. The quantitative estimate of drug-likeness (QED) is 0.611. The van der Waals surface area contributed by atoms with Crippen LogP contribution >= 0.6 is 11.6 Å². The van der Waals surface area contributed by atoms with Crippen LogP contribution in [0.4, 0.5) is 5.69 Å². The van der Waals surface area contributed by atoms with Crippen LogP contribution in [0, 0.1) is 6.92 Å². The lowest BCUT2D eigenvalue weighted by molar-refractivity contribution is -0.115. The molecule has 1 amide bonds. The number of rotatable bonds is 5. The van der Waals surface area contributed by atoms with Crippen molar-refractivity contribution < 1.29 is 4.79 Å². The molecule has 0 aliphatic rings. The second kappa shape index (κ2) is 6.30. The first kappa shape index (κ1) is 12.7. The Hall–Kier alpha value is -1.32. The van der Waals surface area contributed by atoms with Gasteiger partial charge >= 0.3 is 0 Å². The van der Waals surface area contributed by atoms with Crippen molar-refractivity contribution in [2.24, 2.45) is 0 Å². The molecule has 1 aromatic rings. The maximum atomic E-state index is 11.5. The number of halogens is 1. The summed E-state index contributed by atoms with van der Waals surface area (Å²) in [5.41, 5.74) is 1.70. The number of amides is 1. The summed E-state index contributed by atoms with van der Waals surface area (Å²) >= 11 is 5.98. The lowest BCUT2D eigenvalue weighted by atomic mass is 10.2. The fraction of sp³-hybridized carbons (Fsp3) is 0.250. The van der Waals surface area contributed by atoms with E-state index in [9.17, 15) is 4.79 Å². The Morgan fingerprint density at radius 2 is 2.31 bits per heavy atom. The van der Waals surface area contributed by atoms with Gasteiger partial charge in [-0.1, -0.05) is 23.7 Å². The summed E-state index contributed by atoms with van der Waals surface area (Å²) in [6.07, 6.45) is 1.70. The van der Waals surface area contributed by atoms with Crippen LogP contribution in [0.3, 0.4) is 0 Å². The van der Waals surface area contributed by atoms with Crippen LogP contribution in [0.5, 0.6) is 0 Å². The molecule has 0 fully saturated rings. The van der Waals surface area contributed by atoms with Gasteiger partial charge in [0.1, 0.15) is 0 Å². The van der Waals surface area contributed by atoms with E-state index in [2.05, 4.69) is 17.2 Å². The first-order valence-electron chi connectivity index (χ1n) is 5.01. The summed E-state index contributed by atoms with van der Waals surface area (Å²) in [5, 5.41) is 6.19. The minimum atomic E-state index is -0.118. The van der Waals surface area contributed by atoms with Gasteiger partial charge in [0, 0.05) is 6.54 Å². The van der Waals surface area contributed by atoms with E-state index in [1.807, 2.05) is 19.1 Å². The molecule has 0 unspecified atom stereocenters. The zero-order valence-corrected chi connectivity index (χ0v) is 9.97. The van der Waals surface area contributed by atoms with E-state index in [1.54, 1.807) is 12.1 Å². The number of hydrogen-bond donors (Lipinski definition) is 2. The van der Waals surface area contributed by atoms with Gasteiger partial charge in [0.05, 0.1) is 17.3 Å². The largest absolute Gasteiger partial charge is 0.324 e. The van der Waals surface area contributed by atoms with E-state index in [1.165, 1.54) is 0 Å². The smallest absolute Gasteiger partial charge is 0.238 e. The Labute approximate surface area is 100 Å². The Balaban J connectivity index is 2.52. The molecule has 4 heteroatoms. The molecule has 0 aromatic heterocycles. The van der Waals surface area contributed by atoms with Crippen LogP contribution in [0.25, 0.3) is 0 Å². The number of anilines is 1. The van der Waals surface area contributed by atoms with Crippen LogP contribution in [0.15, 0.2) is 30.9 Å². The summed E-state index contributed by atoms with van der Waals surface area (Å²) in [6.45, 7) is 6.35. The molecule has 0 aliphatic carbocycles. The standard InChI is InChI=1S/C12H15ClN2O/c1-3-6-14-8-12(16)15-11-5-4-9(2)7-10(11)13/h3-5,7,14H,1,6,8H2,2H3,(H,15,16). The normalized spacial score (nSPS) is 9.88. The van der Waals surface area contributed by atoms with Crippen LogP contribution in [-0.2, 0) is 4.79 Å². The van der Waals surface area contributed by atoms with Crippen molar-refractivity contribution in [2.45, 2.75) is 6.92 Å². The molecular weight excluding hydrogens is 224 g/mol. The number of carbonyl (C=O) groups excluding carboxylic acids is 1. The average molecular weight is 239 g/mol. The summed E-state index contributed by atoms with van der Waals surface area (Å²) in [5.74, 6) is -0.118. The van der Waals surface area contributed by atoms with Crippen LogP contribution in [-0.4, -0.2) is 19.0 Å². The second-order valence-corrected chi connectivity index (χ2v) is 3.86. The molecule has 0 bridgehead atoms. The highest BCUT2D eigenvalue weighted by molar-refractivity contribution is 6.33. The number of nitrogens with one attached hydrogen (secondary N) is 2. The SMILES string of the molecule is C=CCNCC(=O)Nc1ccc(C)cc1Cl. The van der Waals surface area contributed by atoms with Gasteiger partial charge in [-0.25, -0.2) is 0 Å². The lowest BCUT2D eigenvalue weighted by Gasteiger charge is -2.07. The molecule has 0 atom stereocenters. The number of hydrogen-bond acceptors (Lipinski definition) is 2. The first-order chi connectivity index (χ1) is 7.63. The molecule has 2 N–H and O–H groups in total. The molecule has 1 aromatic carbocycles. The third kappa shape index (κ3) is 4.04. The minimum absolute atomic E-state index is 0.118. The summed E-state index contributed by atoms with van der Waals surface area (Å²) in [6, 6.07) is 5.51. The Morgan fingerprint density at radius 3 is 2.94 bits per heavy atom. The van der Waals surface area contributed by atoms with E-state index in [-0.39, 0.29) is 12.5 Å². The van der Waals surface area contributed by atoms with Crippen molar-refractivity contribution >= 4 is 23.2 Å². The van der Waals surface area contributed by atoms with Crippen molar-refractivity contribution in [3.8, 4) is 0 Å². The molecule has 16 heavy (non-hydrogen) atoms. The van der Waals surface area contributed by atoms with Gasteiger partial charge in [0.2, 0.25) is 5.91 Å². The van der Waals surface area contributed by atoms with E-state index in [0.717, 1.165) is 5.56 Å². The monoisotopic (exact) mass is 238 g/mol. The average Bonchev–Trinajstić information content (AvgIpc) is 2.23. The fourth-order valence-corrected chi connectivity index (χ4v) is 1.49. The van der Waals surface area contributed by atoms with Crippen molar-refractivity contribution in [2.75, 3.05) is 18.4 Å². The Morgan fingerprint density at radius 1 is 1.56 bits per heavy atom. The molecular formula is C12H15ClN2O. The maximum Gasteiger partial charge on any atom is 0.238 e. The highest BCUT2D eigenvalue weighted by atomic mass is 35.5. The predicted molar refractivity (Wildman–Crippen MR) is 67.9 cm³/mol. The van der Waals surface area contributed by atoms with Gasteiger partial charge in [-0.3, -0.25) is 4.79 Å². The third-order valence-corrected chi connectivity index (χ3v) is 2.29. The van der Waals surface area contributed by atoms with Crippen molar-refractivity contribution in [3.63, 3.8) is 0 Å². The predicted octanol–water partition coefficient (Wildman–Crippen LogP) is 2.36. The molecule has 1 rings (SSSR count). The van der Waals surface area contributed by atoms with Gasteiger partial charge in [0.25, 0.3) is 0 Å². The second-order valence-electron chi connectivity index (χ2n) is 3.45. The molecule has 0 radical (unpaired) electrons. The summed E-state index contributed by atoms with van der Waals surface area (Å²) in [4.78, 5) is 11.5. The van der Waals surface area contributed by atoms with Gasteiger partial charge < -0.3 is 10.6 Å². The van der Waals surface area contributed by atoms with Crippen molar-refractivity contribution in [1.29, 1.82) is 0 Å². The summed E-state index contributed by atoms with van der Waals surface area (Å²) < 4.78 is 0. The number of benzene rings is 1. The fourth-order valence-electron chi connectivity index (χ4n) is 1.20. The van der Waals surface area contributed by atoms with Gasteiger partial charge in [-0.2, -0.15) is 0 Å². The van der Waals surface area contributed by atoms with E-state index >= 15 is 0 Å². The van der Waals surface area contributed by atoms with Crippen LogP contribution in [0.1, 0.15) is 5.56 Å². The van der Waals surface area contributed by atoms with Crippen molar-refractivity contribution in [1.82, 2.24) is 5.32 Å². The molecule has 0 spiro atoms. The Bertz CT molecular complexity index is 391. The molecule has 0 saturated carbocycles. The summed E-state index contributed by atoms with van der Waals surface area (Å²) in [7, 11) is 0. The molecule has 3 nitrogen and oxygen atoms in total. The maximum absolute atomic E-state index is 11.5. The highest BCUT2D eigenvalue weighted by Crippen LogP contribution is 2.22. The molecule has 86 valence electrons. The van der Waals surface area contributed by atoms with E-state index in [0.29, 0.717) is 17.3 Å². The third-order valence-electron chi connectivity index (χ3n) is 1.97. The van der Waals surface area contributed by atoms with E-state index < -0.39 is 0 Å². The zero-order chi connectivity index (χ0) is 12.0. The van der Waals surface area contributed by atoms with Gasteiger partial charge in [0.15, 0.2) is 0 Å². The lowest BCUT2D eigenvalue weighted by Crippen LogP contribution is -2.28. The number of aryl methyl sites for hydroxylation is 1. The van der Waals surface area contributed by atoms with Gasteiger partial charge in [-0.05, 0) is 24.6 Å². The minimum Gasteiger partial charge on any atom is -0.324 e. The topological polar surface area (TPSA) is 41.1 Å². The first-order valence-corrected chi connectivity index (χ1v) is 5.39. The molecule has 0 aliphatic heterocycles. The van der Waals surface area contributed by atoms with Crippen molar-refractivity contribution in [3.05, 3.63) is 41.4 Å². The molecule has 0 heterocycles. The van der Waals surface area contributed by atoms with Crippen LogP contribution in [0.2, 0.25) is 5.02 Å². The van der Waals surface area contributed by atoms with E-state index in [4.69, 9.17) is 11.6 Å². The van der Waals surface area contributed by atoms with Gasteiger partial charge in [-0.15, -0.1) is 6.58 Å². The van der Waals surface area contributed by atoms with Crippen LogP contribution < -0.4 is 10.6 Å². The highest BCUT2D eigenvalue weighted by Gasteiger charge is 2.04. The Kier molecular flexibility index (Phi) is 5.02. The molecule has 0 saturated heterocycles. The number of carbonyl (C=O) groups is 1.